The lowest BCUT2D eigenvalue weighted by Crippen LogP contribution is -2.29. The Labute approximate surface area is 67.0 Å². The van der Waals surface area contributed by atoms with E-state index in [9.17, 15) is 0 Å². The van der Waals surface area contributed by atoms with Crippen LogP contribution in [-0.2, 0) is 0 Å². The average molecular weight is 154 g/mol. The SMILES string of the molecule is C=C[C@@H]1CCCN1C/C=N/O. The summed E-state index contributed by atoms with van der Waals surface area (Å²) in [7, 11) is 0. The molecule has 1 aliphatic heterocycles. The van der Waals surface area contributed by atoms with E-state index in [2.05, 4.69) is 16.6 Å². The number of hydrogen-bond donors (Lipinski definition) is 1. The van der Waals surface area contributed by atoms with Crippen LogP contribution in [0, 0.1) is 0 Å². The van der Waals surface area contributed by atoms with Gasteiger partial charge in [-0.15, -0.1) is 11.7 Å². The molecule has 0 unspecified atom stereocenters. The maximum absolute atomic E-state index is 8.20. The van der Waals surface area contributed by atoms with Crippen molar-refractivity contribution in [1.82, 2.24) is 4.90 Å². The molecule has 1 saturated heterocycles. The summed E-state index contributed by atoms with van der Waals surface area (Å²) in [5.74, 6) is 0. The molecule has 0 aliphatic carbocycles. The van der Waals surface area contributed by atoms with Crippen molar-refractivity contribution in [2.45, 2.75) is 18.9 Å². The minimum atomic E-state index is 0.480. The Morgan fingerprint density at radius 3 is 3.18 bits per heavy atom. The van der Waals surface area contributed by atoms with E-state index in [1.807, 2.05) is 6.08 Å². The summed E-state index contributed by atoms with van der Waals surface area (Å²) < 4.78 is 0. The van der Waals surface area contributed by atoms with E-state index in [4.69, 9.17) is 5.21 Å². The molecule has 0 bridgehead atoms. The standard InChI is InChI=1S/C8H14N2O/c1-2-8-4-3-6-10(8)7-5-9-11/h2,5,8,11H,1,3-4,6-7H2/b9-5+/t8-/m1/s1. The van der Waals surface area contributed by atoms with E-state index in [1.165, 1.54) is 19.1 Å². The summed E-state index contributed by atoms with van der Waals surface area (Å²) in [5.41, 5.74) is 0. The molecule has 3 nitrogen and oxygen atoms in total. The Kier molecular flexibility index (Phi) is 3.11. The zero-order valence-corrected chi connectivity index (χ0v) is 6.61. The summed E-state index contributed by atoms with van der Waals surface area (Å²) in [6.45, 7) is 5.57. The molecule has 1 rings (SSSR count). The van der Waals surface area contributed by atoms with Crippen molar-refractivity contribution in [3.63, 3.8) is 0 Å². The number of nitrogens with zero attached hydrogens (tertiary/aromatic N) is 2. The molecule has 0 aromatic rings. The fourth-order valence-corrected chi connectivity index (χ4v) is 1.49. The quantitative estimate of drug-likeness (QED) is 0.286. The van der Waals surface area contributed by atoms with E-state index >= 15 is 0 Å². The van der Waals surface area contributed by atoms with E-state index in [0.29, 0.717) is 6.04 Å². The average Bonchev–Trinajstić information content (AvgIpc) is 2.47. The Morgan fingerprint density at radius 1 is 1.73 bits per heavy atom. The molecule has 1 fully saturated rings. The Bertz CT molecular complexity index is 156. The van der Waals surface area contributed by atoms with Crippen LogP contribution in [0.2, 0.25) is 0 Å². The largest absolute Gasteiger partial charge is 0.411 e. The van der Waals surface area contributed by atoms with Gasteiger partial charge in [-0.25, -0.2) is 0 Å². The molecule has 0 radical (unpaired) electrons. The number of oxime groups is 1. The van der Waals surface area contributed by atoms with Gasteiger partial charge in [-0.05, 0) is 19.4 Å². The fraction of sp³-hybridized carbons (Fsp3) is 0.625. The van der Waals surface area contributed by atoms with Gasteiger partial charge in [0.25, 0.3) is 0 Å². The predicted octanol–water partition coefficient (Wildman–Crippen LogP) is 1.10. The van der Waals surface area contributed by atoms with E-state index in [0.717, 1.165) is 13.1 Å². The van der Waals surface area contributed by atoms with Gasteiger partial charge in [0.15, 0.2) is 0 Å². The summed E-state index contributed by atoms with van der Waals surface area (Å²) >= 11 is 0. The normalized spacial score (nSPS) is 26.4. The first-order chi connectivity index (χ1) is 5.38. The van der Waals surface area contributed by atoms with E-state index < -0.39 is 0 Å². The smallest absolute Gasteiger partial charge is 0.0576 e. The first kappa shape index (κ1) is 8.27. The second-order valence-corrected chi connectivity index (χ2v) is 2.74. The highest BCUT2D eigenvalue weighted by Gasteiger charge is 2.19. The molecule has 62 valence electrons. The molecular weight excluding hydrogens is 140 g/mol. The third kappa shape index (κ3) is 2.05. The Hall–Kier alpha value is -0.830. The van der Waals surface area contributed by atoms with E-state index in [-0.39, 0.29) is 0 Å². The van der Waals surface area contributed by atoms with Crippen LogP contribution in [-0.4, -0.2) is 35.5 Å². The van der Waals surface area contributed by atoms with Crippen LogP contribution in [0.25, 0.3) is 0 Å². The van der Waals surface area contributed by atoms with Gasteiger partial charge in [-0.3, -0.25) is 4.90 Å². The molecular formula is C8H14N2O. The highest BCUT2D eigenvalue weighted by atomic mass is 16.4. The highest BCUT2D eigenvalue weighted by Crippen LogP contribution is 2.16. The van der Waals surface area contributed by atoms with E-state index in [1.54, 1.807) is 0 Å². The van der Waals surface area contributed by atoms with Gasteiger partial charge in [-0.1, -0.05) is 6.08 Å². The first-order valence-electron chi connectivity index (χ1n) is 3.91. The molecule has 0 spiro atoms. The Morgan fingerprint density at radius 2 is 2.55 bits per heavy atom. The zero-order chi connectivity index (χ0) is 8.10. The number of likely N-dealkylation sites (tertiary alicyclic amines) is 1. The van der Waals surface area contributed by atoms with Crippen LogP contribution in [0.3, 0.4) is 0 Å². The van der Waals surface area contributed by atoms with Crippen molar-refractivity contribution >= 4 is 6.21 Å². The minimum absolute atomic E-state index is 0.480. The van der Waals surface area contributed by atoms with Crippen LogP contribution >= 0.6 is 0 Å². The molecule has 1 aliphatic rings. The van der Waals surface area contributed by atoms with Crippen LogP contribution in [0.1, 0.15) is 12.8 Å². The maximum Gasteiger partial charge on any atom is 0.0576 e. The maximum atomic E-state index is 8.20. The van der Waals surface area contributed by atoms with Gasteiger partial charge in [0.2, 0.25) is 0 Å². The molecule has 0 aromatic carbocycles. The summed E-state index contributed by atoms with van der Waals surface area (Å²) in [6, 6.07) is 0.480. The molecule has 11 heavy (non-hydrogen) atoms. The monoisotopic (exact) mass is 154 g/mol. The number of hydrogen-bond acceptors (Lipinski definition) is 3. The number of rotatable bonds is 3. The van der Waals surface area contributed by atoms with Crippen molar-refractivity contribution in [1.29, 1.82) is 0 Å². The molecule has 1 heterocycles. The highest BCUT2D eigenvalue weighted by molar-refractivity contribution is 5.58. The van der Waals surface area contributed by atoms with Crippen molar-refractivity contribution in [3.8, 4) is 0 Å². The van der Waals surface area contributed by atoms with Crippen LogP contribution in [0.5, 0.6) is 0 Å². The predicted molar refractivity (Wildman–Crippen MR) is 45.1 cm³/mol. The fourth-order valence-electron chi connectivity index (χ4n) is 1.49. The van der Waals surface area contributed by atoms with Crippen molar-refractivity contribution in [2.24, 2.45) is 5.16 Å². The third-order valence-electron chi connectivity index (χ3n) is 2.08. The first-order valence-corrected chi connectivity index (χ1v) is 3.91. The lowest BCUT2D eigenvalue weighted by Gasteiger charge is -2.18. The molecule has 1 atom stereocenters. The lowest BCUT2D eigenvalue weighted by molar-refractivity contribution is 0.305. The van der Waals surface area contributed by atoms with Gasteiger partial charge in [0.1, 0.15) is 0 Å². The lowest BCUT2D eigenvalue weighted by atomic mass is 10.2. The van der Waals surface area contributed by atoms with Crippen molar-refractivity contribution < 1.29 is 5.21 Å². The molecule has 0 aromatic heterocycles. The van der Waals surface area contributed by atoms with Gasteiger partial charge < -0.3 is 5.21 Å². The summed E-state index contributed by atoms with van der Waals surface area (Å²) in [4.78, 5) is 2.24. The van der Waals surface area contributed by atoms with Crippen molar-refractivity contribution in [2.75, 3.05) is 13.1 Å². The summed E-state index contributed by atoms with van der Waals surface area (Å²) in [6.07, 6.45) is 5.87. The summed E-state index contributed by atoms with van der Waals surface area (Å²) in [5, 5.41) is 11.2. The molecule has 0 amide bonds. The second kappa shape index (κ2) is 4.13. The zero-order valence-electron chi connectivity index (χ0n) is 6.61. The Balaban J connectivity index is 2.36. The van der Waals surface area contributed by atoms with Crippen LogP contribution < -0.4 is 0 Å². The van der Waals surface area contributed by atoms with Crippen molar-refractivity contribution in [3.05, 3.63) is 12.7 Å². The molecule has 1 N–H and O–H groups in total. The van der Waals surface area contributed by atoms with Crippen LogP contribution in [0.4, 0.5) is 0 Å². The molecule has 0 saturated carbocycles. The van der Waals surface area contributed by atoms with Gasteiger partial charge in [0, 0.05) is 12.6 Å². The minimum Gasteiger partial charge on any atom is -0.411 e. The topological polar surface area (TPSA) is 35.8 Å². The van der Waals surface area contributed by atoms with Gasteiger partial charge >= 0.3 is 0 Å². The van der Waals surface area contributed by atoms with Crippen LogP contribution in [0.15, 0.2) is 17.8 Å². The third-order valence-corrected chi connectivity index (χ3v) is 2.08. The van der Waals surface area contributed by atoms with Gasteiger partial charge in [0.05, 0.1) is 6.21 Å². The second-order valence-electron chi connectivity index (χ2n) is 2.74. The molecule has 3 heteroatoms. The van der Waals surface area contributed by atoms with Gasteiger partial charge in [-0.2, -0.15) is 0 Å².